The Morgan fingerprint density at radius 2 is 1.29 bits per heavy atom. The van der Waals surface area contributed by atoms with Crippen molar-refractivity contribution in [3.8, 4) is 11.1 Å². The van der Waals surface area contributed by atoms with E-state index >= 15 is 0 Å². The van der Waals surface area contributed by atoms with Crippen LogP contribution in [0.4, 0.5) is 0 Å². The molecule has 0 aromatic heterocycles. The average Bonchev–Trinajstić information content (AvgIpc) is 2.98. The zero-order valence-corrected chi connectivity index (χ0v) is 20.9. The summed E-state index contributed by atoms with van der Waals surface area (Å²) in [6, 6.07) is 10.7. The van der Waals surface area contributed by atoms with Gasteiger partial charge in [0.2, 0.25) is 0 Å². The summed E-state index contributed by atoms with van der Waals surface area (Å²) in [5, 5.41) is 0. The Balaban J connectivity index is 2.13. The molecule has 8 heteroatoms. The number of hydrogen-bond donors (Lipinski definition) is 0. The Hall–Kier alpha value is -0.830. The van der Waals surface area contributed by atoms with Crippen molar-refractivity contribution in [3.63, 3.8) is 0 Å². The quantitative estimate of drug-likeness (QED) is 0.212. The molecule has 2 aromatic carbocycles. The van der Waals surface area contributed by atoms with Crippen molar-refractivity contribution in [2.24, 2.45) is 0 Å². The maximum Gasteiger partial charge on any atom is 0.306 e. The maximum absolute atomic E-state index is 12.4. The molecule has 0 heterocycles. The first kappa shape index (κ1) is 21.9. The smallest absolute Gasteiger partial charge is 0.306 e. The van der Waals surface area contributed by atoms with Gasteiger partial charge in [-0.3, -0.25) is 14.4 Å². The van der Waals surface area contributed by atoms with E-state index in [1.54, 1.807) is 31.2 Å². The molecule has 0 saturated carbocycles. The normalized spacial score (nSPS) is 12.8. The van der Waals surface area contributed by atoms with Crippen molar-refractivity contribution >= 4 is 81.3 Å². The van der Waals surface area contributed by atoms with Crippen LogP contribution < -0.4 is 0 Å². The number of Topliss-reactive ketones (excluding diaryl/α,β-unsaturated/α-hetero) is 2. The minimum atomic E-state index is -0.661. The van der Waals surface area contributed by atoms with Crippen LogP contribution in [0.3, 0.4) is 0 Å². The number of halogens is 4. The van der Waals surface area contributed by atoms with E-state index in [0.717, 1.165) is 22.3 Å². The molecular formula is C20H14Br4O4. The van der Waals surface area contributed by atoms with Gasteiger partial charge in [-0.15, -0.1) is 0 Å². The molecule has 28 heavy (non-hydrogen) atoms. The molecule has 0 unspecified atom stereocenters. The lowest BCUT2D eigenvalue weighted by atomic mass is 10.0. The molecule has 1 aliphatic carbocycles. The summed E-state index contributed by atoms with van der Waals surface area (Å²) in [6.07, 6.45) is -0.431. The molecule has 146 valence electrons. The summed E-state index contributed by atoms with van der Waals surface area (Å²) in [7, 11) is 0. The highest BCUT2D eigenvalue weighted by molar-refractivity contribution is 9.25. The first-order valence-corrected chi connectivity index (χ1v) is 12.0. The Kier molecular flexibility index (Phi) is 6.95. The second-order valence-electron chi connectivity index (χ2n) is 6.16. The average molecular weight is 638 g/mol. The van der Waals surface area contributed by atoms with Crippen molar-refractivity contribution in [3.05, 3.63) is 58.7 Å². The Morgan fingerprint density at radius 1 is 0.857 bits per heavy atom. The van der Waals surface area contributed by atoms with Gasteiger partial charge < -0.3 is 4.74 Å². The predicted molar refractivity (Wildman–Crippen MR) is 122 cm³/mol. The van der Waals surface area contributed by atoms with Crippen molar-refractivity contribution in [2.75, 3.05) is 0 Å². The highest BCUT2D eigenvalue weighted by atomic mass is 79.9. The van der Waals surface area contributed by atoms with Crippen LogP contribution in [-0.4, -0.2) is 25.0 Å². The zero-order chi connectivity index (χ0) is 20.6. The number of carbonyl (C=O) groups is 3. The number of ether oxygens (including phenoxy) is 1. The van der Waals surface area contributed by atoms with E-state index in [-0.39, 0.29) is 24.0 Å². The van der Waals surface area contributed by atoms with Crippen LogP contribution in [0.5, 0.6) is 0 Å². The Bertz CT molecular complexity index is 899. The van der Waals surface area contributed by atoms with Gasteiger partial charge in [-0.2, -0.15) is 0 Å². The Morgan fingerprint density at radius 3 is 1.64 bits per heavy atom. The third-order valence-corrected chi connectivity index (χ3v) is 6.12. The molecule has 0 bridgehead atoms. The first-order chi connectivity index (χ1) is 13.2. The lowest BCUT2D eigenvalue weighted by molar-refractivity contribution is -0.146. The van der Waals surface area contributed by atoms with E-state index in [9.17, 15) is 14.4 Å². The fraction of sp³-hybridized carbons (Fsp3) is 0.250. The molecule has 0 saturated heterocycles. The van der Waals surface area contributed by atoms with Crippen LogP contribution in [0.2, 0.25) is 0 Å². The molecule has 0 radical (unpaired) electrons. The highest BCUT2D eigenvalue weighted by Crippen LogP contribution is 2.46. The summed E-state index contributed by atoms with van der Waals surface area (Å²) in [4.78, 5) is 36.8. The highest BCUT2D eigenvalue weighted by Gasteiger charge is 2.33. The van der Waals surface area contributed by atoms with Gasteiger partial charge in [0, 0.05) is 28.7 Å². The topological polar surface area (TPSA) is 60.4 Å². The molecule has 0 amide bonds. The number of esters is 1. The van der Waals surface area contributed by atoms with Crippen molar-refractivity contribution in [1.29, 1.82) is 0 Å². The van der Waals surface area contributed by atoms with E-state index in [1.807, 2.05) is 12.1 Å². The van der Waals surface area contributed by atoms with Gasteiger partial charge in [0.15, 0.2) is 17.7 Å². The van der Waals surface area contributed by atoms with Gasteiger partial charge >= 0.3 is 5.97 Å². The molecule has 2 aromatic rings. The molecule has 0 N–H and O–H groups in total. The van der Waals surface area contributed by atoms with Crippen molar-refractivity contribution < 1.29 is 19.1 Å². The van der Waals surface area contributed by atoms with Gasteiger partial charge in [-0.25, -0.2) is 0 Å². The number of ketones is 2. The number of carbonyl (C=O) groups excluding carboxylic acids is 3. The van der Waals surface area contributed by atoms with Crippen molar-refractivity contribution in [1.82, 2.24) is 0 Å². The number of hydrogen-bond acceptors (Lipinski definition) is 4. The van der Waals surface area contributed by atoms with Crippen LogP contribution >= 0.6 is 63.7 Å². The molecule has 0 aliphatic heterocycles. The van der Waals surface area contributed by atoms with Crippen molar-refractivity contribution in [2.45, 2.75) is 26.9 Å². The number of fused-ring (bicyclic) bond motifs is 3. The molecule has 3 rings (SSSR count). The van der Waals surface area contributed by atoms with Crippen LogP contribution in [0.1, 0.15) is 51.3 Å². The summed E-state index contributed by atoms with van der Waals surface area (Å²) >= 11 is 12.9. The lowest BCUT2D eigenvalue weighted by Gasteiger charge is -2.16. The van der Waals surface area contributed by atoms with E-state index in [2.05, 4.69) is 63.7 Å². The summed E-state index contributed by atoms with van der Waals surface area (Å²) in [5.74, 6) is -0.608. The largest absolute Gasteiger partial charge is 0.452 e. The maximum atomic E-state index is 12.4. The second-order valence-corrected chi connectivity index (χ2v) is 12.3. The Labute approximate surface area is 195 Å². The standard InChI is InChI=1S/C20H14Br4O4/c1-2-15(25)28-18-13-7-9(16(26)19(21)22)3-5-11(13)12-6-4-10(8-14(12)18)17(27)20(23)24/h3-8,18-20H,2H2,1H3. The summed E-state index contributed by atoms with van der Waals surface area (Å²) in [5.41, 5.74) is 4.24. The zero-order valence-electron chi connectivity index (χ0n) is 14.5. The van der Waals surface area contributed by atoms with Crippen LogP contribution in [0.15, 0.2) is 36.4 Å². The summed E-state index contributed by atoms with van der Waals surface area (Å²) in [6.45, 7) is 1.72. The van der Waals surface area contributed by atoms with Gasteiger partial charge in [0.25, 0.3) is 0 Å². The first-order valence-electron chi connectivity index (χ1n) is 8.37. The van der Waals surface area contributed by atoms with Crippen LogP contribution in [0, 0.1) is 0 Å². The van der Waals surface area contributed by atoms with E-state index in [1.165, 1.54) is 0 Å². The van der Waals surface area contributed by atoms with E-state index in [0.29, 0.717) is 11.1 Å². The van der Waals surface area contributed by atoms with Gasteiger partial charge in [0.05, 0.1) is 0 Å². The fourth-order valence-electron chi connectivity index (χ4n) is 3.12. The molecule has 0 fully saturated rings. The molecular weight excluding hydrogens is 624 g/mol. The minimum absolute atomic E-state index is 0.128. The molecule has 1 aliphatic rings. The van der Waals surface area contributed by atoms with Crippen LogP contribution in [-0.2, 0) is 9.53 Å². The van der Waals surface area contributed by atoms with E-state index in [4.69, 9.17) is 4.74 Å². The van der Waals surface area contributed by atoms with Gasteiger partial charge in [-0.1, -0.05) is 94.9 Å². The molecule has 4 nitrogen and oxygen atoms in total. The predicted octanol–water partition coefficient (Wildman–Crippen LogP) is 6.31. The summed E-state index contributed by atoms with van der Waals surface area (Å²) < 4.78 is 4.69. The third-order valence-electron chi connectivity index (χ3n) is 4.46. The lowest BCUT2D eigenvalue weighted by Crippen LogP contribution is -2.12. The number of benzene rings is 2. The van der Waals surface area contributed by atoms with Gasteiger partial charge in [0.1, 0.15) is 7.47 Å². The minimum Gasteiger partial charge on any atom is -0.452 e. The number of alkyl halides is 4. The monoisotopic (exact) mass is 634 g/mol. The van der Waals surface area contributed by atoms with Gasteiger partial charge in [-0.05, 0) is 23.3 Å². The SMILES string of the molecule is CCC(=O)OC1c2cc(C(=O)C(Br)Br)ccc2-c2ccc(C(=O)C(Br)Br)cc21. The second kappa shape index (κ2) is 8.90. The molecule has 0 spiro atoms. The third kappa shape index (κ3) is 4.20. The van der Waals surface area contributed by atoms with E-state index < -0.39 is 13.6 Å². The molecule has 0 atom stereocenters. The number of rotatable bonds is 6. The van der Waals surface area contributed by atoms with Crippen LogP contribution in [0.25, 0.3) is 11.1 Å². The fourth-order valence-corrected chi connectivity index (χ4v) is 4.17.